The van der Waals surface area contributed by atoms with Crippen LogP contribution in [0.1, 0.15) is 29.2 Å². The lowest BCUT2D eigenvalue weighted by molar-refractivity contribution is 0.244. The number of benzene rings is 2. The van der Waals surface area contributed by atoms with E-state index in [0.29, 0.717) is 5.56 Å². The Morgan fingerprint density at radius 1 is 1.05 bits per heavy atom. The molecule has 3 rings (SSSR count). The number of rotatable bonds is 4. The van der Waals surface area contributed by atoms with E-state index in [4.69, 9.17) is 5.73 Å². The lowest BCUT2D eigenvalue weighted by Gasteiger charge is -2.29. The van der Waals surface area contributed by atoms with Gasteiger partial charge in [0.15, 0.2) is 0 Å². The number of hydrogen-bond donors (Lipinski definition) is 1. The minimum atomic E-state index is -0.233. The predicted octanol–water partition coefficient (Wildman–Crippen LogP) is 3.27. The smallest absolute Gasteiger partial charge is 0.127 e. The minimum absolute atomic E-state index is 0.200. The highest BCUT2D eigenvalue weighted by molar-refractivity contribution is 5.29. The molecule has 0 spiro atoms. The molecule has 1 aliphatic heterocycles. The molecule has 0 saturated carbocycles. The number of halogens is 1. The first-order chi connectivity index (χ1) is 10.2. The van der Waals surface area contributed by atoms with E-state index in [1.165, 1.54) is 17.2 Å². The van der Waals surface area contributed by atoms with Crippen LogP contribution in [0.2, 0.25) is 0 Å². The van der Waals surface area contributed by atoms with Gasteiger partial charge in [-0.3, -0.25) is 4.90 Å². The first-order valence-electron chi connectivity index (χ1n) is 7.53. The third kappa shape index (κ3) is 3.31. The third-order valence-corrected chi connectivity index (χ3v) is 4.27. The molecule has 1 heterocycles. The van der Waals surface area contributed by atoms with Gasteiger partial charge >= 0.3 is 0 Å². The van der Waals surface area contributed by atoms with Gasteiger partial charge in [0.05, 0.1) is 0 Å². The summed E-state index contributed by atoms with van der Waals surface area (Å²) in [7, 11) is 0. The van der Waals surface area contributed by atoms with Gasteiger partial charge in [-0.2, -0.15) is 0 Å². The van der Waals surface area contributed by atoms with Gasteiger partial charge in [-0.1, -0.05) is 42.5 Å². The lowest BCUT2D eigenvalue weighted by atomic mass is 9.99. The summed E-state index contributed by atoms with van der Waals surface area (Å²) >= 11 is 0. The molecule has 0 aliphatic carbocycles. The second-order valence-corrected chi connectivity index (χ2v) is 5.71. The van der Waals surface area contributed by atoms with Gasteiger partial charge in [0.25, 0.3) is 0 Å². The van der Waals surface area contributed by atoms with Crippen LogP contribution in [-0.4, -0.2) is 18.0 Å². The van der Waals surface area contributed by atoms with Crippen molar-refractivity contribution in [3.63, 3.8) is 0 Å². The Labute approximate surface area is 125 Å². The van der Waals surface area contributed by atoms with Crippen LogP contribution in [0.3, 0.4) is 0 Å². The second-order valence-electron chi connectivity index (χ2n) is 5.71. The molecule has 21 heavy (non-hydrogen) atoms. The van der Waals surface area contributed by atoms with Crippen LogP contribution in [0.5, 0.6) is 0 Å². The number of fused-ring (bicyclic) bond motifs is 1. The molecule has 2 nitrogen and oxygen atoms in total. The van der Waals surface area contributed by atoms with Crippen molar-refractivity contribution < 1.29 is 4.39 Å². The lowest BCUT2D eigenvalue weighted by Crippen LogP contribution is -2.32. The van der Waals surface area contributed by atoms with Crippen molar-refractivity contribution in [2.75, 3.05) is 13.1 Å². The Morgan fingerprint density at radius 3 is 2.57 bits per heavy atom. The van der Waals surface area contributed by atoms with Crippen LogP contribution < -0.4 is 5.73 Å². The maximum absolute atomic E-state index is 13.7. The number of hydrogen-bond acceptors (Lipinski definition) is 2. The van der Waals surface area contributed by atoms with E-state index in [1.807, 2.05) is 6.07 Å². The molecule has 3 heteroatoms. The van der Waals surface area contributed by atoms with Gasteiger partial charge in [0.2, 0.25) is 0 Å². The molecule has 0 fully saturated rings. The van der Waals surface area contributed by atoms with E-state index in [1.54, 1.807) is 12.1 Å². The Bertz CT molecular complexity index is 612. The molecule has 2 N–H and O–H groups in total. The Morgan fingerprint density at radius 2 is 1.76 bits per heavy atom. The maximum atomic E-state index is 13.7. The molecule has 110 valence electrons. The van der Waals surface area contributed by atoms with Crippen molar-refractivity contribution in [1.82, 2.24) is 4.90 Å². The maximum Gasteiger partial charge on any atom is 0.127 e. The highest BCUT2D eigenvalue weighted by Crippen LogP contribution is 2.21. The average molecular weight is 284 g/mol. The molecule has 0 saturated heterocycles. The summed E-state index contributed by atoms with van der Waals surface area (Å²) in [5.41, 5.74) is 9.62. The quantitative estimate of drug-likeness (QED) is 0.933. The third-order valence-electron chi connectivity index (χ3n) is 4.27. The normalized spacial score (nSPS) is 16.5. The molecule has 1 aliphatic rings. The summed E-state index contributed by atoms with van der Waals surface area (Å²) in [4.78, 5) is 2.41. The van der Waals surface area contributed by atoms with Crippen molar-refractivity contribution in [1.29, 1.82) is 0 Å². The van der Waals surface area contributed by atoms with Crippen LogP contribution in [0, 0.1) is 5.82 Å². The predicted molar refractivity (Wildman–Crippen MR) is 83.4 cm³/mol. The van der Waals surface area contributed by atoms with Crippen LogP contribution in [0.15, 0.2) is 48.5 Å². The van der Waals surface area contributed by atoms with Gasteiger partial charge in [-0.25, -0.2) is 4.39 Å². The van der Waals surface area contributed by atoms with Gasteiger partial charge < -0.3 is 5.73 Å². The summed E-state index contributed by atoms with van der Waals surface area (Å²) in [6, 6.07) is 15.2. The fourth-order valence-corrected chi connectivity index (χ4v) is 3.00. The minimum Gasteiger partial charge on any atom is -0.324 e. The first-order valence-corrected chi connectivity index (χ1v) is 7.53. The van der Waals surface area contributed by atoms with E-state index >= 15 is 0 Å². The van der Waals surface area contributed by atoms with E-state index in [0.717, 1.165) is 32.5 Å². The zero-order chi connectivity index (χ0) is 14.7. The van der Waals surface area contributed by atoms with E-state index in [9.17, 15) is 4.39 Å². The van der Waals surface area contributed by atoms with Crippen molar-refractivity contribution in [3.8, 4) is 0 Å². The molecule has 1 atom stereocenters. The second kappa shape index (κ2) is 6.37. The molecular weight excluding hydrogens is 263 g/mol. The van der Waals surface area contributed by atoms with Crippen LogP contribution >= 0.6 is 0 Å². The van der Waals surface area contributed by atoms with Crippen molar-refractivity contribution in [3.05, 3.63) is 71.0 Å². The zero-order valence-electron chi connectivity index (χ0n) is 12.1. The molecule has 0 radical (unpaired) electrons. The molecule has 2 aromatic carbocycles. The molecule has 1 unspecified atom stereocenters. The van der Waals surface area contributed by atoms with Crippen LogP contribution in [0.25, 0.3) is 0 Å². The van der Waals surface area contributed by atoms with Crippen molar-refractivity contribution in [2.24, 2.45) is 5.73 Å². The van der Waals surface area contributed by atoms with E-state index in [2.05, 4.69) is 29.2 Å². The monoisotopic (exact) mass is 284 g/mol. The Kier molecular flexibility index (Phi) is 4.32. The number of nitrogens with zero attached hydrogens (tertiary/aromatic N) is 1. The van der Waals surface area contributed by atoms with Gasteiger partial charge in [-0.05, 0) is 30.0 Å². The summed E-state index contributed by atoms with van der Waals surface area (Å²) < 4.78 is 13.7. The summed E-state index contributed by atoms with van der Waals surface area (Å²) in [6.07, 6.45) is 1.87. The zero-order valence-corrected chi connectivity index (χ0v) is 12.1. The average Bonchev–Trinajstić information content (AvgIpc) is 2.53. The SMILES string of the molecule is NC(CCN1CCc2ccccc2C1)c1ccccc1F. The molecule has 0 bridgehead atoms. The fourth-order valence-electron chi connectivity index (χ4n) is 3.00. The standard InChI is InChI=1S/C18H21FN2/c19-17-8-4-3-7-16(17)18(20)10-12-21-11-9-14-5-1-2-6-15(14)13-21/h1-8,18H,9-13,20H2. The van der Waals surface area contributed by atoms with Crippen LogP contribution in [-0.2, 0) is 13.0 Å². The van der Waals surface area contributed by atoms with Crippen molar-refractivity contribution in [2.45, 2.75) is 25.4 Å². The summed E-state index contributed by atoms with van der Waals surface area (Å²) in [6.45, 7) is 2.94. The van der Waals surface area contributed by atoms with Crippen molar-refractivity contribution >= 4 is 0 Å². The fraction of sp³-hybridized carbons (Fsp3) is 0.333. The topological polar surface area (TPSA) is 29.3 Å². The highest BCUT2D eigenvalue weighted by atomic mass is 19.1. The molecule has 2 aromatic rings. The molecular formula is C18H21FN2. The largest absolute Gasteiger partial charge is 0.324 e. The van der Waals surface area contributed by atoms with Gasteiger partial charge in [-0.15, -0.1) is 0 Å². The Balaban J connectivity index is 1.58. The first kappa shape index (κ1) is 14.2. The summed E-state index contributed by atoms with van der Waals surface area (Å²) in [5, 5.41) is 0. The highest BCUT2D eigenvalue weighted by Gasteiger charge is 2.17. The molecule has 0 aromatic heterocycles. The van der Waals surface area contributed by atoms with E-state index < -0.39 is 0 Å². The van der Waals surface area contributed by atoms with Gasteiger partial charge in [0.1, 0.15) is 5.82 Å². The summed E-state index contributed by atoms with van der Waals surface area (Å²) in [5.74, 6) is -0.200. The Hall–Kier alpha value is -1.71. The number of nitrogens with two attached hydrogens (primary N) is 1. The van der Waals surface area contributed by atoms with Crippen LogP contribution in [0.4, 0.5) is 4.39 Å². The molecule has 0 amide bonds. The van der Waals surface area contributed by atoms with E-state index in [-0.39, 0.29) is 11.9 Å². The van der Waals surface area contributed by atoms with Gasteiger partial charge in [0, 0.05) is 31.2 Å².